The minimum Gasteiger partial charge on any atom is -0.378 e. The van der Waals surface area contributed by atoms with E-state index < -0.39 is 4.92 Å². The number of hydrogen-bond donors (Lipinski definition) is 1. The lowest BCUT2D eigenvalue weighted by atomic mass is 10.2. The number of anilines is 2. The molecule has 0 aliphatic carbocycles. The maximum Gasteiger partial charge on any atom is 0.292 e. The average Bonchev–Trinajstić information content (AvgIpc) is 3.15. The van der Waals surface area contributed by atoms with Crippen molar-refractivity contribution in [3.05, 3.63) is 71.3 Å². The lowest BCUT2D eigenvalue weighted by Crippen LogP contribution is -2.15. The summed E-state index contributed by atoms with van der Waals surface area (Å²) in [6, 6.07) is 13.9. The fourth-order valence-corrected chi connectivity index (χ4v) is 3.63. The number of hydrogen-bond acceptors (Lipinski definition) is 7. The minimum atomic E-state index is -0.530. The third kappa shape index (κ3) is 5.28. The van der Waals surface area contributed by atoms with Crippen LogP contribution in [0.1, 0.15) is 0 Å². The summed E-state index contributed by atoms with van der Waals surface area (Å²) in [6.07, 6.45) is 1.74. The van der Waals surface area contributed by atoms with Crippen molar-refractivity contribution in [2.45, 2.75) is 11.7 Å². The molecule has 0 radical (unpaired) electrons. The molecule has 31 heavy (non-hydrogen) atoms. The molecule has 0 aliphatic heterocycles. The smallest absolute Gasteiger partial charge is 0.292 e. The summed E-state index contributed by atoms with van der Waals surface area (Å²) in [5.41, 5.74) is 1.94. The van der Waals surface area contributed by atoms with Crippen LogP contribution >= 0.6 is 11.8 Å². The fourth-order valence-electron chi connectivity index (χ4n) is 2.88. The summed E-state index contributed by atoms with van der Waals surface area (Å²) in [6.45, 7) is 4.27. The van der Waals surface area contributed by atoms with E-state index in [-0.39, 0.29) is 23.0 Å². The second kappa shape index (κ2) is 9.90. The Morgan fingerprint density at radius 2 is 2.03 bits per heavy atom. The van der Waals surface area contributed by atoms with Gasteiger partial charge in [-0.25, -0.2) is 0 Å². The van der Waals surface area contributed by atoms with Crippen molar-refractivity contribution in [2.24, 2.45) is 0 Å². The number of carbonyl (C=O) groups is 1. The standard InChI is InChI=1S/C21H22N6O3S/c1-4-12-26-20(15-8-7-9-16(13-15)25(2)3)23-24-21(26)31-14-19(28)22-17-10-5-6-11-18(17)27(29)30/h4-11,13H,1,12,14H2,2-3H3,(H,22,28). The zero-order valence-corrected chi connectivity index (χ0v) is 18.0. The normalized spacial score (nSPS) is 10.5. The number of nitro benzene ring substituents is 1. The van der Waals surface area contributed by atoms with Gasteiger partial charge in [-0.3, -0.25) is 19.5 Å². The molecule has 2 aromatic carbocycles. The highest BCUT2D eigenvalue weighted by Crippen LogP contribution is 2.27. The van der Waals surface area contributed by atoms with Crippen LogP contribution in [0.25, 0.3) is 11.4 Å². The third-order valence-corrected chi connectivity index (χ3v) is 5.32. The van der Waals surface area contributed by atoms with Crippen molar-refractivity contribution in [2.75, 3.05) is 30.1 Å². The van der Waals surface area contributed by atoms with E-state index in [2.05, 4.69) is 22.1 Å². The molecule has 10 heteroatoms. The molecule has 9 nitrogen and oxygen atoms in total. The van der Waals surface area contributed by atoms with Crippen molar-refractivity contribution in [3.8, 4) is 11.4 Å². The number of thioether (sulfide) groups is 1. The first-order valence-corrected chi connectivity index (χ1v) is 10.4. The van der Waals surface area contributed by atoms with E-state index in [0.29, 0.717) is 17.5 Å². The molecule has 160 valence electrons. The number of nitrogens with one attached hydrogen (secondary N) is 1. The Kier molecular flexibility index (Phi) is 7.03. The van der Waals surface area contributed by atoms with Crippen molar-refractivity contribution in [3.63, 3.8) is 0 Å². The van der Waals surface area contributed by atoms with Gasteiger partial charge in [-0.05, 0) is 18.2 Å². The number of rotatable bonds is 9. The maximum absolute atomic E-state index is 12.4. The van der Waals surface area contributed by atoms with E-state index in [1.165, 1.54) is 23.9 Å². The van der Waals surface area contributed by atoms with Gasteiger partial charge in [0.05, 0.1) is 10.7 Å². The Balaban J connectivity index is 1.77. The molecule has 0 unspecified atom stereocenters. The van der Waals surface area contributed by atoms with Gasteiger partial charge < -0.3 is 10.2 Å². The van der Waals surface area contributed by atoms with Crippen LogP contribution < -0.4 is 10.2 Å². The summed E-state index contributed by atoms with van der Waals surface area (Å²) < 4.78 is 1.88. The summed E-state index contributed by atoms with van der Waals surface area (Å²) in [5.74, 6) is 0.327. The quantitative estimate of drug-likeness (QED) is 0.234. The number of benzene rings is 2. The SMILES string of the molecule is C=CCn1c(SCC(=O)Nc2ccccc2[N+](=O)[O-])nnc1-c1cccc(N(C)C)c1. The number of allylic oxidation sites excluding steroid dienone is 1. The number of nitro groups is 1. The molecule has 1 N–H and O–H groups in total. The van der Waals surface area contributed by atoms with E-state index in [1.54, 1.807) is 18.2 Å². The highest BCUT2D eigenvalue weighted by molar-refractivity contribution is 7.99. The van der Waals surface area contributed by atoms with Crippen LogP contribution in [-0.4, -0.2) is 45.4 Å². The molecule has 0 saturated carbocycles. The van der Waals surface area contributed by atoms with Gasteiger partial charge >= 0.3 is 0 Å². The van der Waals surface area contributed by atoms with Crippen molar-refractivity contribution >= 4 is 34.7 Å². The first kappa shape index (κ1) is 22.0. The maximum atomic E-state index is 12.4. The van der Waals surface area contributed by atoms with Gasteiger partial charge in [-0.15, -0.1) is 16.8 Å². The first-order valence-electron chi connectivity index (χ1n) is 9.38. The number of carbonyl (C=O) groups excluding carboxylic acids is 1. The highest BCUT2D eigenvalue weighted by Gasteiger charge is 2.18. The van der Waals surface area contributed by atoms with Crippen LogP contribution in [0, 0.1) is 10.1 Å². The average molecular weight is 439 g/mol. The Morgan fingerprint density at radius 1 is 1.26 bits per heavy atom. The number of para-hydroxylation sites is 2. The first-order chi connectivity index (χ1) is 14.9. The van der Waals surface area contributed by atoms with Crippen LogP contribution in [0.4, 0.5) is 17.1 Å². The second-order valence-electron chi connectivity index (χ2n) is 6.76. The molecule has 0 aliphatic rings. The molecule has 0 bridgehead atoms. The molecule has 3 rings (SSSR count). The lowest BCUT2D eigenvalue weighted by Gasteiger charge is -2.14. The number of nitrogens with zero attached hydrogens (tertiary/aromatic N) is 5. The Labute approximate surface area is 183 Å². The highest BCUT2D eigenvalue weighted by atomic mass is 32.2. The summed E-state index contributed by atoms with van der Waals surface area (Å²) >= 11 is 1.20. The lowest BCUT2D eigenvalue weighted by molar-refractivity contribution is -0.383. The van der Waals surface area contributed by atoms with Crippen molar-refractivity contribution in [1.29, 1.82) is 0 Å². The summed E-state index contributed by atoms with van der Waals surface area (Å²) in [4.78, 5) is 25.0. The van der Waals surface area contributed by atoms with Gasteiger partial charge in [0.2, 0.25) is 5.91 Å². The Morgan fingerprint density at radius 3 is 2.74 bits per heavy atom. The second-order valence-corrected chi connectivity index (χ2v) is 7.70. The molecular formula is C21H22N6O3S. The van der Waals surface area contributed by atoms with E-state index in [0.717, 1.165) is 11.3 Å². The van der Waals surface area contributed by atoms with Gasteiger partial charge in [0, 0.05) is 38.0 Å². The minimum absolute atomic E-state index is 0.0268. The zero-order chi connectivity index (χ0) is 22.4. The van der Waals surface area contributed by atoms with Crippen LogP contribution in [0.15, 0.2) is 66.3 Å². The summed E-state index contributed by atoms with van der Waals surface area (Å²) in [7, 11) is 3.93. The molecule has 0 spiro atoms. The predicted octanol–water partition coefficient (Wildman–Crippen LogP) is 3.84. The van der Waals surface area contributed by atoms with Crippen LogP contribution in [0.5, 0.6) is 0 Å². The predicted molar refractivity (Wildman–Crippen MR) is 122 cm³/mol. The van der Waals surface area contributed by atoms with Gasteiger partial charge in [-0.2, -0.15) is 0 Å². The zero-order valence-electron chi connectivity index (χ0n) is 17.2. The molecule has 0 saturated heterocycles. The third-order valence-electron chi connectivity index (χ3n) is 4.36. The summed E-state index contributed by atoms with van der Waals surface area (Å²) in [5, 5.41) is 22.8. The monoisotopic (exact) mass is 438 g/mol. The van der Waals surface area contributed by atoms with E-state index in [9.17, 15) is 14.9 Å². The molecule has 3 aromatic rings. The molecular weight excluding hydrogens is 416 g/mol. The van der Waals surface area contributed by atoms with E-state index >= 15 is 0 Å². The van der Waals surface area contributed by atoms with Gasteiger partial charge in [-0.1, -0.05) is 42.1 Å². The largest absolute Gasteiger partial charge is 0.378 e. The van der Waals surface area contributed by atoms with Gasteiger partial charge in [0.25, 0.3) is 5.69 Å². The van der Waals surface area contributed by atoms with E-state index in [1.807, 2.05) is 47.8 Å². The molecule has 0 atom stereocenters. The topological polar surface area (TPSA) is 106 Å². The van der Waals surface area contributed by atoms with Gasteiger partial charge in [0.1, 0.15) is 5.69 Å². The molecule has 0 fully saturated rings. The van der Waals surface area contributed by atoms with Crippen molar-refractivity contribution in [1.82, 2.24) is 14.8 Å². The van der Waals surface area contributed by atoms with Gasteiger partial charge in [0.15, 0.2) is 11.0 Å². The number of aromatic nitrogens is 3. The van der Waals surface area contributed by atoms with Crippen molar-refractivity contribution < 1.29 is 9.72 Å². The Bertz CT molecular complexity index is 1110. The molecule has 1 heterocycles. The molecule has 1 amide bonds. The van der Waals surface area contributed by atoms with Crippen LogP contribution in [-0.2, 0) is 11.3 Å². The van der Waals surface area contributed by atoms with Crippen LogP contribution in [0.3, 0.4) is 0 Å². The fraction of sp³-hybridized carbons (Fsp3) is 0.190. The van der Waals surface area contributed by atoms with Crippen LogP contribution in [0.2, 0.25) is 0 Å². The van der Waals surface area contributed by atoms with E-state index in [4.69, 9.17) is 0 Å². The molecule has 1 aromatic heterocycles. The Hall–Kier alpha value is -3.66. The number of amides is 1.